The van der Waals surface area contributed by atoms with E-state index in [1.807, 2.05) is 24.3 Å². The van der Waals surface area contributed by atoms with Crippen molar-refractivity contribution in [1.29, 1.82) is 0 Å². The molecule has 2 heterocycles. The Morgan fingerprint density at radius 1 is 0.660 bits per heavy atom. The molecule has 0 spiro atoms. The molecular weight excluding hydrogens is 605 g/mol. The van der Waals surface area contributed by atoms with Crippen molar-refractivity contribution in [2.24, 2.45) is 5.92 Å². The van der Waals surface area contributed by atoms with Gasteiger partial charge in [-0.05, 0) is 126 Å². The van der Waals surface area contributed by atoms with Crippen LogP contribution in [0, 0.1) is 5.92 Å². The summed E-state index contributed by atoms with van der Waals surface area (Å²) in [5, 5.41) is 2.52. The quantitative estimate of drug-likeness (QED) is 0.209. The van der Waals surface area contributed by atoms with Crippen molar-refractivity contribution in [2.45, 2.75) is 32.1 Å². The summed E-state index contributed by atoms with van der Waals surface area (Å²) in [6.07, 6.45) is 40.7. The van der Waals surface area contributed by atoms with Gasteiger partial charge in [-0.25, -0.2) is 0 Å². The molecule has 0 amide bonds. The first-order valence-corrected chi connectivity index (χ1v) is 17.8. The van der Waals surface area contributed by atoms with Crippen molar-refractivity contribution in [2.75, 3.05) is 4.90 Å². The van der Waals surface area contributed by atoms with Gasteiger partial charge in [0.1, 0.15) is 0 Å². The van der Waals surface area contributed by atoms with Crippen molar-refractivity contribution in [3.63, 3.8) is 0 Å². The molecule has 2 heteroatoms. The monoisotopic (exact) mass is 646 g/mol. The highest BCUT2D eigenvalue weighted by molar-refractivity contribution is 6.12. The van der Waals surface area contributed by atoms with Gasteiger partial charge in [0.15, 0.2) is 0 Å². The third-order valence-electron chi connectivity index (χ3n) is 10.1. The van der Waals surface area contributed by atoms with E-state index in [1.165, 1.54) is 44.2 Å². The lowest BCUT2D eigenvalue weighted by molar-refractivity contribution is 0.776. The van der Waals surface area contributed by atoms with E-state index in [0.29, 0.717) is 5.92 Å². The molecule has 50 heavy (non-hydrogen) atoms. The number of benzene rings is 3. The van der Waals surface area contributed by atoms with Gasteiger partial charge in [-0.15, -0.1) is 0 Å². The minimum atomic E-state index is 0.430. The topological polar surface area (TPSA) is 8.17 Å². The van der Waals surface area contributed by atoms with E-state index < -0.39 is 0 Å². The highest BCUT2D eigenvalue weighted by Gasteiger charge is 2.22. The fourth-order valence-corrected chi connectivity index (χ4v) is 7.51. The molecule has 0 radical (unpaired) electrons. The number of allylic oxidation sites excluding steroid dienone is 20. The van der Waals surface area contributed by atoms with Crippen LogP contribution in [-0.2, 0) is 0 Å². The minimum absolute atomic E-state index is 0.430. The SMILES string of the molecule is C=C1/C=C\C=C/N(c2ccccc2)/C=C\C(c2ccc3c(c2)c2ccc(C4=CCCC=C4C4C=CC=CC4)cc2n3C2=CC=CCC2)=C/C1=C. The molecule has 0 saturated heterocycles. The second kappa shape index (κ2) is 13.9. The Bertz CT molecular complexity index is 2320. The van der Waals surface area contributed by atoms with Crippen molar-refractivity contribution in [3.8, 4) is 0 Å². The summed E-state index contributed by atoms with van der Waals surface area (Å²) in [5.41, 5.74) is 13.1. The Kier molecular flexibility index (Phi) is 8.76. The van der Waals surface area contributed by atoms with E-state index >= 15 is 0 Å². The first kappa shape index (κ1) is 31.4. The number of aromatic nitrogens is 1. The molecule has 4 aromatic rings. The first-order chi connectivity index (χ1) is 24.6. The largest absolute Gasteiger partial charge is 0.324 e. The predicted molar refractivity (Wildman–Crippen MR) is 216 cm³/mol. The Hall–Kier alpha value is -5.86. The van der Waals surface area contributed by atoms with Gasteiger partial charge in [0, 0.05) is 40.5 Å². The number of fused-ring (bicyclic) bond motifs is 3. The van der Waals surface area contributed by atoms with Gasteiger partial charge < -0.3 is 9.47 Å². The van der Waals surface area contributed by atoms with Gasteiger partial charge in [0.05, 0.1) is 11.0 Å². The van der Waals surface area contributed by atoms with Crippen LogP contribution < -0.4 is 4.90 Å². The van der Waals surface area contributed by atoms with Crippen LogP contribution >= 0.6 is 0 Å². The number of anilines is 1. The number of hydrogen-bond acceptors (Lipinski definition) is 1. The van der Waals surface area contributed by atoms with Gasteiger partial charge in [0.2, 0.25) is 0 Å². The van der Waals surface area contributed by atoms with E-state index in [0.717, 1.165) is 60.1 Å². The summed E-state index contributed by atoms with van der Waals surface area (Å²) in [6.45, 7) is 8.69. The van der Waals surface area contributed by atoms with E-state index in [1.54, 1.807) is 0 Å². The maximum atomic E-state index is 4.39. The average Bonchev–Trinajstić information content (AvgIpc) is 3.49. The lowest BCUT2D eigenvalue weighted by Gasteiger charge is -2.24. The maximum Gasteiger partial charge on any atom is 0.0544 e. The standard InChI is InChI=1S/C48H42N2/c1-35-16-14-15-30-49(41-19-8-4-9-20-41)31-29-39(32-36(35)2)38-26-28-47-46(33-38)45-27-25-40(34-48(45)50(47)42-21-10-5-11-22-42)44-24-13-12-23-43(44)37-17-6-3-7-18-37/h3-10,14-17,19-21,23-34,37H,1-2,11-13,18,22H2/b16-14-,30-15-,31-29-,39-32+. The molecule has 2 nitrogen and oxygen atoms in total. The van der Waals surface area contributed by atoms with Crippen LogP contribution in [0.1, 0.15) is 43.2 Å². The number of rotatable bonds is 5. The third kappa shape index (κ3) is 6.21. The highest BCUT2D eigenvalue weighted by atomic mass is 15.1. The molecule has 0 bridgehead atoms. The van der Waals surface area contributed by atoms with Crippen LogP contribution in [0.2, 0.25) is 0 Å². The Morgan fingerprint density at radius 2 is 1.54 bits per heavy atom. The van der Waals surface area contributed by atoms with Crippen LogP contribution in [0.25, 0.3) is 38.6 Å². The smallest absolute Gasteiger partial charge is 0.0544 e. The normalized spacial score (nSPS) is 22.4. The van der Waals surface area contributed by atoms with Gasteiger partial charge >= 0.3 is 0 Å². The molecule has 1 atom stereocenters. The number of para-hydroxylation sites is 1. The molecule has 4 aliphatic rings. The first-order valence-electron chi connectivity index (χ1n) is 17.8. The molecule has 3 aliphatic carbocycles. The molecule has 8 rings (SSSR count). The lowest BCUT2D eigenvalue weighted by Crippen LogP contribution is -2.07. The summed E-state index contributed by atoms with van der Waals surface area (Å²) < 4.78 is 2.51. The van der Waals surface area contributed by atoms with E-state index in [2.05, 4.69) is 163 Å². The molecule has 0 saturated carbocycles. The summed E-state index contributed by atoms with van der Waals surface area (Å²) in [6, 6.07) is 24.5. The van der Waals surface area contributed by atoms with Gasteiger partial charge in [0.25, 0.3) is 0 Å². The van der Waals surface area contributed by atoms with Gasteiger partial charge in [-0.2, -0.15) is 0 Å². The van der Waals surface area contributed by atoms with Crippen LogP contribution in [-0.4, -0.2) is 4.57 Å². The summed E-state index contributed by atoms with van der Waals surface area (Å²) in [5.74, 6) is 0.430. The summed E-state index contributed by atoms with van der Waals surface area (Å²) in [7, 11) is 0. The molecule has 1 unspecified atom stereocenters. The third-order valence-corrected chi connectivity index (χ3v) is 10.1. The molecule has 0 N–H and O–H groups in total. The fraction of sp³-hybridized carbons (Fsp3) is 0.125. The number of nitrogens with zero attached hydrogens (tertiary/aromatic N) is 2. The number of hydrogen-bond donors (Lipinski definition) is 0. The molecule has 1 aliphatic heterocycles. The zero-order valence-corrected chi connectivity index (χ0v) is 28.5. The lowest BCUT2D eigenvalue weighted by atomic mass is 9.81. The maximum absolute atomic E-state index is 4.39. The second-order valence-electron chi connectivity index (χ2n) is 13.3. The summed E-state index contributed by atoms with van der Waals surface area (Å²) >= 11 is 0. The molecule has 0 fully saturated rings. The molecule has 1 aromatic heterocycles. The van der Waals surface area contributed by atoms with E-state index in [4.69, 9.17) is 0 Å². The van der Waals surface area contributed by atoms with Crippen molar-refractivity contribution < 1.29 is 0 Å². The molecular formula is C48H42N2. The van der Waals surface area contributed by atoms with Gasteiger partial charge in [-0.1, -0.05) is 110 Å². The van der Waals surface area contributed by atoms with Crippen LogP contribution in [0.3, 0.4) is 0 Å². The van der Waals surface area contributed by atoms with Gasteiger partial charge in [-0.3, -0.25) is 0 Å². The van der Waals surface area contributed by atoms with Crippen LogP contribution in [0.4, 0.5) is 5.69 Å². The van der Waals surface area contributed by atoms with Crippen molar-refractivity contribution in [1.82, 2.24) is 4.57 Å². The Balaban J connectivity index is 1.27. The van der Waals surface area contributed by atoms with Crippen LogP contribution in [0.5, 0.6) is 0 Å². The zero-order valence-electron chi connectivity index (χ0n) is 28.5. The Labute approximate surface area is 296 Å². The molecule has 244 valence electrons. The minimum Gasteiger partial charge on any atom is -0.324 e. The highest BCUT2D eigenvalue weighted by Crippen LogP contribution is 2.41. The van der Waals surface area contributed by atoms with E-state index in [-0.39, 0.29) is 0 Å². The molecule has 3 aromatic carbocycles. The van der Waals surface area contributed by atoms with Crippen LogP contribution in [0.15, 0.2) is 194 Å². The average molecular weight is 647 g/mol. The van der Waals surface area contributed by atoms with Crippen molar-refractivity contribution >= 4 is 44.3 Å². The van der Waals surface area contributed by atoms with Crippen molar-refractivity contribution in [3.05, 3.63) is 205 Å². The predicted octanol–water partition coefficient (Wildman–Crippen LogP) is 12.8. The summed E-state index contributed by atoms with van der Waals surface area (Å²) in [4.78, 5) is 2.14. The zero-order chi connectivity index (χ0) is 33.9. The fourth-order valence-electron chi connectivity index (χ4n) is 7.51. The second-order valence-corrected chi connectivity index (χ2v) is 13.3. The van der Waals surface area contributed by atoms with E-state index in [9.17, 15) is 0 Å². The Morgan fingerprint density at radius 3 is 2.38 bits per heavy atom.